The lowest BCUT2D eigenvalue weighted by Gasteiger charge is -2.16. The molecule has 6 rings (SSSR count). The van der Waals surface area contributed by atoms with Gasteiger partial charge in [0.1, 0.15) is 5.82 Å². The van der Waals surface area contributed by atoms with Gasteiger partial charge in [0.05, 0.1) is 23.3 Å². The zero-order chi connectivity index (χ0) is 24.1. The fourth-order valence-electron chi connectivity index (χ4n) is 4.37. The summed E-state index contributed by atoms with van der Waals surface area (Å²) >= 11 is 0. The maximum atomic E-state index is 14.5. The molecule has 35 heavy (non-hydrogen) atoms. The zero-order valence-corrected chi connectivity index (χ0v) is 18.2. The van der Waals surface area contributed by atoms with Crippen molar-refractivity contribution in [1.82, 2.24) is 29.6 Å². The van der Waals surface area contributed by atoms with Crippen molar-refractivity contribution >= 4 is 22.8 Å². The Morgan fingerprint density at radius 3 is 2.97 bits per heavy atom. The van der Waals surface area contributed by atoms with Crippen LogP contribution in [0.3, 0.4) is 0 Å². The molecule has 0 unspecified atom stereocenters. The Kier molecular flexibility index (Phi) is 4.91. The molecule has 0 radical (unpaired) electrons. The number of nitrogens with one attached hydrogen (secondary N) is 2. The van der Waals surface area contributed by atoms with Gasteiger partial charge < -0.3 is 24.4 Å². The van der Waals surface area contributed by atoms with Gasteiger partial charge in [0, 0.05) is 24.6 Å². The van der Waals surface area contributed by atoms with Crippen LogP contribution in [0.25, 0.3) is 16.9 Å². The van der Waals surface area contributed by atoms with Crippen molar-refractivity contribution in [2.75, 3.05) is 18.5 Å². The quantitative estimate of drug-likeness (QED) is 0.381. The molecule has 178 valence electrons. The largest absolute Gasteiger partial charge is 0.480 e. The van der Waals surface area contributed by atoms with Crippen LogP contribution in [0.2, 0.25) is 0 Å². The number of aryl methyl sites for hydroxylation is 1. The first-order chi connectivity index (χ1) is 17.0. The molecule has 0 saturated heterocycles. The van der Waals surface area contributed by atoms with E-state index in [1.165, 1.54) is 22.9 Å². The van der Waals surface area contributed by atoms with E-state index in [1.807, 2.05) is 0 Å². The summed E-state index contributed by atoms with van der Waals surface area (Å²) in [6.45, 7) is 0.675. The lowest BCUT2D eigenvalue weighted by atomic mass is 10.1. The molecule has 1 amide bonds. The first-order valence-corrected chi connectivity index (χ1v) is 10.9. The summed E-state index contributed by atoms with van der Waals surface area (Å²) in [5, 5.41) is 10.0. The highest BCUT2D eigenvalue weighted by Crippen LogP contribution is 2.32. The van der Waals surface area contributed by atoms with Crippen molar-refractivity contribution in [2.24, 2.45) is 0 Å². The Hall–Kier alpha value is -4.39. The molecule has 13 heteroatoms. The molecular formula is C22H18FN7O5. The molecule has 6 heterocycles. The third kappa shape index (κ3) is 3.65. The standard InChI is InChI=1S/C22H18FN7O5/c23-11-8-25-12-3-6-18(32)29-9-13(19(11)20(12)29)24-7-1-2-17-28-30(22(33)35-17)15-5-4-14-21(26-15)27-16(31)10-34-14/h3-6,8,13,24H,1-2,7,9-10H2,(H,26,27,31)/t13-/m0/s1. The number of carbonyl (C=O) groups excluding carboxylic acids is 1. The van der Waals surface area contributed by atoms with Crippen molar-refractivity contribution in [3.63, 3.8) is 0 Å². The highest BCUT2D eigenvalue weighted by molar-refractivity contribution is 5.94. The van der Waals surface area contributed by atoms with Gasteiger partial charge in [-0.1, -0.05) is 0 Å². The molecule has 4 aromatic rings. The Labute approximate surface area is 195 Å². The average Bonchev–Trinajstić information content (AvgIpc) is 3.42. The van der Waals surface area contributed by atoms with E-state index < -0.39 is 11.6 Å². The van der Waals surface area contributed by atoms with Crippen LogP contribution in [0.1, 0.15) is 23.9 Å². The van der Waals surface area contributed by atoms with E-state index in [0.717, 1.165) is 4.68 Å². The number of halogens is 1. The van der Waals surface area contributed by atoms with Crippen LogP contribution in [0.5, 0.6) is 5.75 Å². The van der Waals surface area contributed by atoms with Gasteiger partial charge in [-0.25, -0.2) is 14.2 Å². The molecule has 2 aliphatic heterocycles. The molecule has 12 nitrogen and oxygen atoms in total. The fraction of sp³-hybridized carbons (Fsp3) is 0.273. The van der Waals surface area contributed by atoms with Crippen LogP contribution in [0, 0.1) is 5.82 Å². The monoisotopic (exact) mass is 479 g/mol. The Morgan fingerprint density at radius 2 is 2.09 bits per heavy atom. The Bertz CT molecular complexity index is 1610. The first kappa shape index (κ1) is 21.2. The molecule has 2 aliphatic rings. The van der Waals surface area contributed by atoms with Gasteiger partial charge in [0.2, 0.25) is 5.89 Å². The van der Waals surface area contributed by atoms with Crippen LogP contribution in [0.15, 0.2) is 44.5 Å². The minimum absolute atomic E-state index is 0.0987. The molecule has 0 fully saturated rings. The third-order valence-electron chi connectivity index (χ3n) is 5.93. The van der Waals surface area contributed by atoms with E-state index in [9.17, 15) is 18.8 Å². The van der Waals surface area contributed by atoms with E-state index in [4.69, 9.17) is 9.15 Å². The number of hydrogen-bond acceptors (Lipinski definition) is 9. The topological polar surface area (TPSA) is 146 Å². The minimum Gasteiger partial charge on any atom is -0.480 e. The van der Waals surface area contributed by atoms with E-state index in [2.05, 4.69) is 25.7 Å². The van der Waals surface area contributed by atoms with Crippen molar-refractivity contribution in [1.29, 1.82) is 0 Å². The van der Waals surface area contributed by atoms with Crippen LogP contribution >= 0.6 is 0 Å². The van der Waals surface area contributed by atoms with E-state index in [1.54, 1.807) is 12.1 Å². The number of rotatable bonds is 6. The predicted octanol–water partition coefficient (Wildman–Crippen LogP) is 0.677. The van der Waals surface area contributed by atoms with Gasteiger partial charge in [0.25, 0.3) is 11.5 Å². The Morgan fingerprint density at radius 1 is 1.20 bits per heavy atom. The van der Waals surface area contributed by atoms with Crippen LogP contribution in [-0.4, -0.2) is 43.4 Å². The van der Waals surface area contributed by atoms with Crippen LogP contribution < -0.4 is 26.7 Å². The highest BCUT2D eigenvalue weighted by Gasteiger charge is 2.28. The molecule has 1 atom stereocenters. The third-order valence-corrected chi connectivity index (χ3v) is 5.93. The number of carbonyl (C=O) groups is 1. The number of hydrogen-bond donors (Lipinski definition) is 2. The van der Waals surface area contributed by atoms with E-state index in [0.29, 0.717) is 48.3 Å². The van der Waals surface area contributed by atoms with Crippen molar-refractivity contribution < 1.29 is 18.3 Å². The second kappa shape index (κ2) is 8.13. The summed E-state index contributed by atoms with van der Waals surface area (Å²) in [6, 6.07) is 5.76. The summed E-state index contributed by atoms with van der Waals surface area (Å²) < 4.78 is 27.6. The van der Waals surface area contributed by atoms with Gasteiger partial charge in [0.15, 0.2) is 24.0 Å². The number of fused-ring (bicyclic) bond motifs is 1. The fourth-order valence-corrected chi connectivity index (χ4v) is 4.37. The lowest BCUT2D eigenvalue weighted by Crippen LogP contribution is -2.27. The lowest BCUT2D eigenvalue weighted by molar-refractivity contribution is -0.118. The normalized spacial score (nSPS) is 16.3. The maximum Gasteiger partial charge on any atom is 0.443 e. The molecule has 0 saturated carbocycles. The molecule has 0 spiro atoms. The summed E-state index contributed by atoms with van der Waals surface area (Å²) in [7, 11) is 0. The summed E-state index contributed by atoms with van der Waals surface area (Å²) in [6.07, 6.45) is 2.05. The number of ether oxygens (including phenoxy) is 1. The smallest absolute Gasteiger partial charge is 0.443 e. The number of nitrogens with zero attached hydrogens (tertiary/aromatic N) is 5. The van der Waals surface area contributed by atoms with Crippen LogP contribution in [0.4, 0.5) is 10.2 Å². The first-order valence-electron chi connectivity index (χ1n) is 10.9. The number of amides is 1. The second-order valence-corrected chi connectivity index (χ2v) is 8.17. The van der Waals surface area contributed by atoms with Crippen molar-refractivity contribution in [3.05, 3.63) is 68.6 Å². The molecule has 0 aromatic carbocycles. The maximum absolute atomic E-state index is 14.5. The minimum atomic E-state index is -0.713. The molecule has 2 N–H and O–H groups in total. The van der Waals surface area contributed by atoms with Gasteiger partial charge >= 0.3 is 5.76 Å². The van der Waals surface area contributed by atoms with Gasteiger partial charge in [-0.15, -0.1) is 9.78 Å². The van der Waals surface area contributed by atoms with E-state index in [-0.39, 0.29) is 41.6 Å². The van der Waals surface area contributed by atoms with Crippen LogP contribution in [-0.2, 0) is 17.8 Å². The molecule has 0 bridgehead atoms. The van der Waals surface area contributed by atoms with Gasteiger partial charge in [-0.2, -0.15) is 0 Å². The molecule has 0 aliphatic carbocycles. The predicted molar refractivity (Wildman–Crippen MR) is 119 cm³/mol. The summed E-state index contributed by atoms with van der Waals surface area (Å²) in [5.41, 5.74) is 1.31. The average molecular weight is 479 g/mol. The molecular weight excluding hydrogens is 461 g/mol. The van der Waals surface area contributed by atoms with Gasteiger partial charge in [-0.3, -0.25) is 14.6 Å². The summed E-state index contributed by atoms with van der Waals surface area (Å²) in [5.74, 6) is -0.528. The molecule has 4 aromatic heterocycles. The zero-order valence-electron chi connectivity index (χ0n) is 18.2. The number of pyridine rings is 3. The highest BCUT2D eigenvalue weighted by atomic mass is 19.1. The Balaban J connectivity index is 1.13. The number of anilines is 1. The SMILES string of the molecule is O=C1COc2ccc(-n3nc(CCCN[C@H]4Cn5c(=O)ccc6ncc(F)c4c65)oc3=O)nc2N1. The summed E-state index contributed by atoms with van der Waals surface area (Å²) in [4.78, 5) is 44.3. The van der Waals surface area contributed by atoms with E-state index >= 15 is 0 Å². The van der Waals surface area contributed by atoms with Crippen molar-refractivity contribution in [2.45, 2.75) is 25.4 Å². The number of aromatic nitrogens is 5. The van der Waals surface area contributed by atoms with Gasteiger partial charge in [-0.05, 0) is 31.2 Å². The second-order valence-electron chi connectivity index (χ2n) is 8.17. The van der Waals surface area contributed by atoms with Crippen molar-refractivity contribution in [3.8, 4) is 11.6 Å².